The topological polar surface area (TPSA) is 154 Å². The van der Waals surface area contributed by atoms with Gasteiger partial charge in [-0.1, -0.05) is 41.4 Å². The van der Waals surface area contributed by atoms with E-state index in [1.165, 1.54) is 0 Å². The summed E-state index contributed by atoms with van der Waals surface area (Å²) in [7, 11) is 0. The van der Waals surface area contributed by atoms with Gasteiger partial charge in [0.15, 0.2) is 11.6 Å². The van der Waals surface area contributed by atoms with Crippen LogP contribution in [0.25, 0.3) is 22.0 Å². The van der Waals surface area contributed by atoms with Gasteiger partial charge in [0.1, 0.15) is 37.0 Å². The summed E-state index contributed by atoms with van der Waals surface area (Å²) in [4.78, 5) is 32.0. The number of fused-ring (bicyclic) bond motifs is 1. The Bertz CT molecular complexity index is 2300. The van der Waals surface area contributed by atoms with E-state index in [0.29, 0.717) is 57.7 Å². The highest BCUT2D eigenvalue weighted by Gasteiger charge is 2.52. The zero-order valence-electron chi connectivity index (χ0n) is 31.4. The van der Waals surface area contributed by atoms with E-state index >= 15 is 4.39 Å². The Balaban J connectivity index is 1.21. The summed E-state index contributed by atoms with van der Waals surface area (Å²) in [6.07, 6.45) is -1.92. The van der Waals surface area contributed by atoms with E-state index in [4.69, 9.17) is 58.6 Å². The SMILES string of the molecule is C=C1CN2C(COC(=O)N3CCOCC3)CCC2(COc2nc3c4c(c(Cl)c(-c5cc(N)cc(Cl)c5C(F)(F)F)c(F)c4n2)OCCN3C(C)c2cccnc2N)C1. The van der Waals surface area contributed by atoms with Crippen LogP contribution in [0.2, 0.25) is 10.0 Å². The molecule has 4 aliphatic rings. The Morgan fingerprint density at radius 2 is 1.93 bits per heavy atom. The summed E-state index contributed by atoms with van der Waals surface area (Å²) in [5, 5.41) is -1.17. The lowest BCUT2D eigenvalue weighted by Gasteiger charge is -2.34. The Labute approximate surface area is 340 Å². The zero-order valence-corrected chi connectivity index (χ0v) is 32.9. The van der Waals surface area contributed by atoms with Gasteiger partial charge in [-0.15, -0.1) is 0 Å². The Morgan fingerprint density at radius 3 is 2.67 bits per heavy atom. The van der Waals surface area contributed by atoms with Crippen molar-refractivity contribution in [3.63, 3.8) is 0 Å². The molecule has 19 heteroatoms. The minimum absolute atomic E-state index is 0.0195. The van der Waals surface area contributed by atoms with E-state index in [9.17, 15) is 18.0 Å². The molecular formula is C39H40Cl2F4N8O5. The monoisotopic (exact) mass is 846 g/mol. The second kappa shape index (κ2) is 15.4. The number of pyridine rings is 1. The number of carbonyl (C=O) groups excluding carboxylic acids is 1. The van der Waals surface area contributed by atoms with E-state index in [2.05, 4.69) is 21.4 Å². The molecule has 8 rings (SSSR count). The van der Waals surface area contributed by atoms with Gasteiger partial charge in [0.2, 0.25) is 0 Å². The fourth-order valence-electron chi connectivity index (χ4n) is 8.63. The maximum atomic E-state index is 17.3. The summed E-state index contributed by atoms with van der Waals surface area (Å²) >= 11 is 13.0. The molecule has 6 heterocycles. The third kappa shape index (κ3) is 7.15. The molecule has 3 atom stereocenters. The van der Waals surface area contributed by atoms with Gasteiger partial charge in [-0.25, -0.2) is 14.2 Å². The summed E-state index contributed by atoms with van der Waals surface area (Å²) < 4.78 is 84.6. The number of nitrogens with zero attached hydrogens (tertiary/aromatic N) is 6. The number of benzene rings is 2. The number of hydrogen-bond donors (Lipinski definition) is 2. The molecule has 4 N–H and O–H groups in total. The summed E-state index contributed by atoms with van der Waals surface area (Å²) in [6.45, 7) is 8.82. The van der Waals surface area contributed by atoms with Crippen molar-refractivity contribution in [1.82, 2.24) is 24.8 Å². The first-order valence-corrected chi connectivity index (χ1v) is 19.5. The van der Waals surface area contributed by atoms with Crippen LogP contribution in [-0.4, -0.2) is 102 Å². The number of amides is 1. The lowest BCUT2D eigenvalue weighted by Crippen LogP contribution is -2.48. The van der Waals surface area contributed by atoms with Crippen LogP contribution in [0.1, 0.15) is 43.4 Å². The minimum Gasteiger partial charge on any atom is -0.489 e. The molecular weight excluding hydrogens is 807 g/mol. The second-order valence-corrected chi connectivity index (χ2v) is 15.7. The fraction of sp³-hybridized carbons (Fsp3) is 0.436. The molecule has 13 nitrogen and oxygen atoms in total. The largest absolute Gasteiger partial charge is 0.489 e. The number of nitrogen functional groups attached to an aromatic ring is 2. The van der Waals surface area contributed by atoms with Gasteiger partial charge < -0.3 is 40.2 Å². The number of carbonyl (C=O) groups is 1. The minimum atomic E-state index is -5.02. The first-order valence-electron chi connectivity index (χ1n) is 18.7. The molecule has 2 aromatic heterocycles. The van der Waals surface area contributed by atoms with Gasteiger partial charge in [-0.2, -0.15) is 23.1 Å². The fourth-order valence-corrected chi connectivity index (χ4v) is 9.29. The molecule has 4 aliphatic heterocycles. The third-order valence-electron chi connectivity index (χ3n) is 11.4. The molecule has 0 aliphatic carbocycles. The van der Waals surface area contributed by atoms with Crippen molar-refractivity contribution >= 4 is 57.5 Å². The van der Waals surface area contributed by atoms with Crippen LogP contribution in [0, 0.1) is 5.82 Å². The van der Waals surface area contributed by atoms with Gasteiger partial charge in [-0.05, 0) is 44.4 Å². The van der Waals surface area contributed by atoms with Crippen molar-refractivity contribution in [3.8, 4) is 22.9 Å². The Kier molecular flexibility index (Phi) is 10.6. The van der Waals surface area contributed by atoms with Crippen LogP contribution in [0.4, 0.5) is 39.7 Å². The molecule has 4 aromatic rings. The summed E-state index contributed by atoms with van der Waals surface area (Å²) in [5.41, 5.74) is 10.1. The quantitative estimate of drug-likeness (QED) is 0.104. The van der Waals surface area contributed by atoms with E-state index in [1.54, 1.807) is 23.2 Å². The molecule has 0 spiro atoms. The van der Waals surface area contributed by atoms with Crippen molar-refractivity contribution < 1.29 is 41.3 Å². The van der Waals surface area contributed by atoms with E-state index in [0.717, 1.165) is 17.7 Å². The van der Waals surface area contributed by atoms with Gasteiger partial charge in [0.25, 0.3) is 0 Å². The Hall–Kier alpha value is -4.84. The van der Waals surface area contributed by atoms with Gasteiger partial charge in [0.05, 0.1) is 52.3 Å². The highest BCUT2D eigenvalue weighted by molar-refractivity contribution is 6.37. The number of ether oxygens (including phenoxy) is 4. The van der Waals surface area contributed by atoms with Crippen molar-refractivity contribution in [2.75, 3.05) is 75.6 Å². The standard InChI is InChI=1S/C39H40Cl2F4N8O5/c1-20-16-38(6-5-23(53(38)17-20)18-57-37(54)51-8-11-55-12-9-51)19-58-36-49-32-28-33(56-13-10-52(35(28)50-36)21(2)24-4-3-7-48-34(24)47)30(41)27(31(32)42)25-14-22(46)15-26(40)29(25)39(43,44)45/h3-4,7,14-15,21,23H,1,5-6,8-13,16-19,46H2,2H3,(H2,47,48). The predicted molar refractivity (Wildman–Crippen MR) is 210 cm³/mol. The molecule has 2 aromatic carbocycles. The molecule has 0 radical (unpaired) electrons. The second-order valence-electron chi connectivity index (χ2n) is 14.9. The van der Waals surface area contributed by atoms with Crippen LogP contribution in [0.3, 0.4) is 0 Å². The van der Waals surface area contributed by atoms with Crippen molar-refractivity contribution in [3.05, 3.63) is 69.6 Å². The van der Waals surface area contributed by atoms with Gasteiger partial charge in [0, 0.05) is 54.3 Å². The molecule has 0 saturated carbocycles. The third-order valence-corrected chi connectivity index (χ3v) is 12.0. The normalized spacial score (nSPS) is 21.5. The van der Waals surface area contributed by atoms with Crippen molar-refractivity contribution in [2.45, 2.75) is 50.0 Å². The molecule has 0 bridgehead atoms. The first-order chi connectivity index (χ1) is 27.7. The lowest BCUT2D eigenvalue weighted by atomic mass is 9.94. The summed E-state index contributed by atoms with van der Waals surface area (Å²) in [6, 6.07) is 4.55. The van der Waals surface area contributed by atoms with Crippen LogP contribution in [-0.2, 0) is 15.7 Å². The van der Waals surface area contributed by atoms with Gasteiger partial charge in [-0.3, -0.25) is 4.90 Å². The number of halogens is 6. The van der Waals surface area contributed by atoms with Gasteiger partial charge >= 0.3 is 18.3 Å². The molecule has 1 amide bonds. The first kappa shape index (κ1) is 40.0. The van der Waals surface area contributed by atoms with E-state index in [1.807, 2.05) is 11.8 Å². The average molecular weight is 848 g/mol. The molecule has 58 heavy (non-hydrogen) atoms. The van der Waals surface area contributed by atoms with E-state index < -0.39 is 61.9 Å². The van der Waals surface area contributed by atoms with Crippen LogP contribution < -0.4 is 25.8 Å². The lowest BCUT2D eigenvalue weighted by molar-refractivity contribution is -0.137. The molecule has 3 unspecified atom stereocenters. The number of hydrogen-bond acceptors (Lipinski definition) is 12. The number of morpholine rings is 1. The molecule has 308 valence electrons. The van der Waals surface area contributed by atoms with Crippen LogP contribution in [0.15, 0.2) is 42.6 Å². The van der Waals surface area contributed by atoms with Crippen LogP contribution >= 0.6 is 23.2 Å². The molecule has 3 saturated heterocycles. The smallest absolute Gasteiger partial charge is 0.418 e. The maximum absolute atomic E-state index is 17.3. The number of rotatable bonds is 8. The van der Waals surface area contributed by atoms with E-state index in [-0.39, 0.29) is 66.9 Å². The number of anilines is 3. The summed E-state index contributed by atoms with van der Waals surface area (Å²) in [5.74, 6) is -0.911. The Morgan fingerprint density at radius 1 is 1.16 bits per heavy atom. The highest BCUT2D eigenvalue weighted by Crippen LogP contribution is 2.52. The predicted octanol–water partition coefficient (Wildman–Crippen LogP) is 7.29. The number of nitrogens with two attached hydrogens (primary N) is 2. The van der Waals surface area contributed by atoms with Crippen molar-refractivity contribution in [1.29, 1.82) is 0 Å². The number of aromatic nitrogens is 3. The zero-order chi connectivity index (χ0) is 41.1. The molecule has 3 fully saturated rings. The van der Waals surface area contributed by atoms with Crippen LogP contribution in [0.5, 0.6) is 11.8 Å². The maximum Gasteiger partial charge on any atom is 0.418 e. The van der Waals surface area contributed by atoms with Crippen molar-refractivity contribution in [2.24, 2.45) is 0 Å². The number of alkyl halides is 3. The highest BCUT2D eigenvalue weighted by atomic mass is 35.5. The average Bonchev–Trinajstić information content (AvgIpc) is 3.60.